The van der Waals surface area contributed by atoms with Gasteiger partial charge >= 0.3 is 0 Å². The Labute approximate surface area is 110 Å². The second kappa shape index (κ2) is 6.10. The van der Waals surface area contributed by atoms with E-state index in [0.29, 0.717) is 12.1 Å². The van der Waals surface area contributed by atoms with Gasteiger partial charge in [0.25, 0.3) is 0 Å². The van der Waals surface area contributed by atoms with E-state index in [1.54, 1.807) is 7.11 Å². The zero-order chi connectivity index (χ0) is 13.0. The highest BCUT2D eigenvalue weighted by Crippen LogP contribution is 2.29. The number of anilines is 1. The zero-order valence-electron chi connectivity index (χ0n) is 11.6. The summed E-state index contributed by atoms with van der Waals surface area (Å²) in [6.45, 7) is 6.61. The molecule has 1 aliphatic rings. The molecule has 1 fully saturated rings. The first-order valence-corrected chi connectivity index (χ1v) is 6.84. The lowest BCUT2D eigenvalue weighted by Gasteiger charge is -2.36. The van der Waals surface area contributed by atoms with Crippen molar-refractivity contribution in [3.8, 4) is 5.75 Å². The fourth-order valence-electron chi connectivity index (χ4n) is 2.69. The molecule has 0 saturated carbocycles. The second-order valence-corrected chi connectivity index (χ2v) is 5.28. The molecule has 3 heteroatoms. The topological polar surface area (TPSA) is 24.5 Å². The number of piperidine rings is 1. The smallest absolute Gasteiger partial charge is 0.142 e. The van der Waals surface area contributed by atoms with Crippen LogP contribution in [0.4, 0.5) is 5.69 Å². The van der Waals surface area contributed by atoms with Crippen LogP contribution in [0.2, 0.25) is 0 Å². The maximum Gasteiger partial charge on any atom is 0.142 e. The maximum atomic E-state index is 5.45. The van der Waals surface area contributed by atoms with Crippen molar-refractivity contribution in [3.05, 3.63) is 24.3 Å². The number of methoxy groups -OCH3 is 1. The van der Waals surface area contributed by atoms with Gasteiger partial charge in [0.1, 0.15) is 5.75 Å². The quantitative estimate of drug-likeness (QED) is 0.886. The molecule has 1 atom stereocenters. The highest BCUT2D eigenvalue weighted by molar-refractivity contribution is 5.58. The minimum Gasteiger partial charge on any atom is -0.495 e. The molecule has 1 heterocycles. The van der Waals surface area contributed by atoms with E-state index in [2.05, 4.69) is 36.2 Å². The number of rotatable bonds is 4. The van der Waals surface area contributed by atoms with Crippen molar-refractivity contribution in [2.75, 3.05) is 25.1 Å². The van der Waals surface area contributed by atoms with Crippen molar-refractivity contribution in [2.24, 2.45) is 0 Å². The predicted octanol–water partition coefficient (Wildman–Crippen LogP) is 2.66. The number of ether oxygens (including phenoxy) is 1. The Balaban J connectivity index is 2.08. The number of benzene rings is 1. The molecule has 0 aliphatic carbocycles. The summed E-state index contributed by atoms with van der Waals surface area (Å²) in [5.41, 5.74) is 1.22. The van der Waals surface area contributed by atoms with Crippen molar-refractivity contribution < 1.29 is 4.74 Å². The first-order chi connectivity index (χ1) is 8.70. The third kappa shape index (κ3) is 3.16. The fourth-order valence-corrected chi connectivity index (χ4v) is 2.69. The summed E-state index contributed by atoms with van der Waals surface area (Å²) in [6.07, 6.45) is 2.51. The molecule has 0 radical (unpaired) electrons. The third-order valence-electron chi connectivity index (χ3n) is 3.42. The van der Waals surface area contributed by atoms with Gasteiger partial charge in [0.15, 0.2) is 0 Å². The summed E-state index contributed by atoms with van der Waals surface area (Å²) in [4.78, 5) is 2.43. The van der Waals surface area contributed by atoms with Crippen LogP contribution in [0.5, 0.6) is 5.75 Å². The van der Waals surface area contributed by atoms with Crippen molar-refractivity contribution in [1.29, 1.82) is 0 Å². The Morgan fingerprint density at radius 1 is 1.33 bits per heavy atom. The first kappa shape index (κ1) is 13.2. The molecule has 18 heavy (non-hydrogen) atoms. The minimum atomic E-state index is 0.549. The largest absolute Gasteiger partial charge is 0.495 e. The van der Waals surface area contributed by atoms with Gasteiger partial charge in [-0.3, -0.25) is 0 Å². The number of hydrogen-bond donors (Lipinski definition) is 1. The molecule has 3 nitrogen and oxygen atoms in total. The van der Waals surface area contributed by atoms with E-state index in [0.717, 1.165) is 18.8 Å². The van der Waals surface area contributed by atoms with Crippen LogP contribution in [0.3, 0.4) is 0 Å². The molecule has 1 N–H and O–H groups in total. The van der Waals surface area contributed by atoms with E-state index in [9.17, 15) is 0 Å². The Kier molecular flexibility index (Phi) is 4.48. The molecule has 1 unspecified atom stereocenters. The third-order valence-corrected chi connectivity index (χ3v) is 3.42. The molecule has 0 amide bonds. The molecule has 1 aliphatic heterocycles. The normalized spacial score (nSPS) is 20.2. The summed E-state index contributed by atoms with van der Waals surface area (Å²) >= 11 is 0. The molecule has 2 rings (SSSR count). The van der Waals surface area contributed by atoms with Crippen LogP contribution in [0.25, 0.3) is 0 Å². The van der Waals surface area contributed by atoms with Crippen molar-refractivity contribution in [1.82, 2.24) is 5.32 Å². The average molecular weight is 248 g/mol. The number of para-hydroxylation sites is 2. The molecule has 100 valence electrons. The predicted molar refractivity (Wildman–Crippen MR) is 76.5 cm³/mol. The average Bonchev–Trinajstić information content (AvgIpc) is 2.38. The van der Waals surface area contributed by atoms with Crippen LogP contribution < -0.4 is 15.0 Å². The van der Waals surface area contributed by atoms with E-state index >= 15 is 0 Å². The van der Waals surface area contributed by atoms with Gasteiger partial charge in [0.2, 0.25) is 0 Å². The summed E-state index contributed by atoms with van der Waals surface area (Å²) in [5, 5.41) is 3.64. The lowest BCUT2D eigenvalue weighted by molar-refractivity contribution is 0.385. The van der Waals surface area contributed by atoms with Crippen molar-refractivity contribution >= 4 is 5.69 Å². The number of nitrogens with one attached hydrogen (secondary N) is 1. The van der Waals surface area contributed by atoms with Gasteiger partial charge in [0, 0.05) is 25.2 Å². The van der Waals surface area contributed by atoms with Crippen LogP contribution in [0.1, 0.15) is 26.7 Å². The minimum absolute atomic E-state index is 0.549. The van der Waals surface area contributed by atoms with E-state index in [4.69, 9.17) is 4.74 Å². The van der Waals surface area contributed by atoms with Crippen LogP contribution in [-0.2, 0) is 0 Å². The summed E-state index contributed by atoms with van der Waals surface area (Å²) < 4.78 is 5.45. The molecule has 0 bridgehead atoms. The number of hydrogen-bond acceptors (Lipinski definition) is 3. The summed E-state index contributed by atoms with van der Waals surface area (Å²) in [5.74, 6) is 0.975. The number of nitrogens with zero attached hydrogens (tertiary/aromatic N) is 1. The molecule has 0 aromatic heterocycles. The van der Waals surface area contributed by atoms with Gasteiger partial charge in [-0.05, 0) is 25.0 Å². The maximum absolute atomic E-state index is 5.45. The van der Waals surface area contributed by atoms with Crippen LogP contribution in [-0.4, -0.2) is 32.3 Å². The highest BCUT2D eigenvalue weighted by atomic mass is 16.5. The van der Waals surface area contributed by atoms with Crippen molar-refractivity contribution in [3.63, 3.8) is 0 Å². The van der Waals surface area contributed by atoms with E-state index in [1.165, 1.54) is 18.5 Å². The Morgan fingerprint density at radius 2 is 2.11 bits per heavy atom. The summed E-state index contributed by atoms with van der Waals surface area (Å²) in [6, 6.07) is 9.43. The Morgan fingerprint density at radius 3 is 2.83 bits per heavy atom. The zero-order valence-corrected chi connectivity index (χ0v) is 11.6. The van der Waals surface area contributed by atoms with E-state index < -0.39 is 0 Å². The Bertz CT molecular complexity index is 379. The highest BCUT2D eigenvalue weighted by Gasteiger charge is 2.22. The van der Waals surface area contributed by atoms with Gasteiger partial charge < -0.3 is 15.0 Å². The Hall–Kier alpha value is -1.22. The van der Waals surface area contributed by atoms with Gasteiger partial charge in [0.05, 0.1) is 12.8 Å². The molecule has 1 aromatic carbocycles. The molecular weight excluding hydrogens is 224 g/mol. The monoisotopic (exact) mass is 248 g/mol. The summed E-state index contributed by atoms with van der Waals surface area (Å²) in [7, 11) is 1.74. The van der Waals surface area contributed by atoms with E-state index in [-0.39, 0.29) is 0 Å². The molecule has 1 saturated heterocycles. The molecular formula is C15H24N2O. The van der Waals surface area contributed by atoms with Gasteiger partial charge in [-0.25, -0.2) is 0 Å². The van der Waals surface area contributed by atoms with Crippen LogP contribution >= 0.6 is 0 Å². The molecule has 1 aromatic rings. The van der Waals surface area contributed by atoms with Gasteiger partial charge in [-0.15, -0.1) is 0 Å². The van der Waals surface area contributed by atoms with Crippen molar-refractivity contribution in [2.45, 2.75) is 38.8 Å². The lowest BCUT2D eigenvalue weighted by atomic mass is 10.0. The standard InChI is InChI=1S/C15H24N2O/c1-12(2)16-13-7-6-10-17(11-13)14-8-4-5-9-15(14)18-3/h4-5,8-9,12-13,16H,6-7,10-11H2,1-3H3. The second-order valence-electron chi connectivity index (χ2n) is 5.28. The van der Waals surface area contributed by atoms with Gasteiger partial charge in [-0.2, -0.15) is 0 Å². The molecule has 0 spiro atoms. The first-order valence-electron chi connectivity index (χ1n) is 6.84. The van der Waals surface area contributed by atoms with E-state index in [1.807, 2.05) is 12.1 Å². The van der Waals surface area contributed by atoms with Gasteiger partial charge in [-0.1, -0.05) is 26.0 Å². The van der Waals surface area contributed by atoms with Crippen LogP contribution in [0, 0.1) is 0 Å². The SMILES string of the molecule is COc1ccccc1N1CCCC(NC(C)C)C1. The lowest BCUT2D eigenvalue weighted by Crippen LogP contribution is -2.48. The van der Waals surface area contributed by atoms with Crippen LogP contribution in [0.15, 0.2) is 24.3 Å². The fraction of sp³-hybridized carbons (Fsp3) is 0.600.